The van der Waals surface area contributed by atoms with Gasteiger partial charge in [0, 0.05) is 17.6 Å². The Kier molecular flexibility index (Phi) is 8.26. The summed E-state index contributed by atoms with van der Waals surface area (Å²) in [6.07, 6.45) is -2.61. The molecule has 0 radical (unpaired) electrons. The van der Waals surface area contributed by atoms with Crippen LogP contribution in [0.4, 0.5) is 8.78 Å². The minimum Gasteiger partial charge on any atom is -0.237 e. The van der Waals surface area contributed by atoms with E-state index in [2.05, 4.69) is 0 Å². The maximum atomic E-state index is 13.1. The van der Waals surface area contributed by atoms with Crippen molar-refractivity contribution in [3.05, 3.63) is 29.3 Å². The molecule has 5 heteroatoms. The molecule has 0 spiro atoms. The predicted molar refractivity (Wildman–Crippen MR) is 86.0 cm³/mol. The number of halogens is 2. The van der Waals surface area contributed by atoms with Gasteiger partial charge in [0.25, 0.3) is 6.43 Å². The Morgan fingerprint density at radius 2 is 1.76 bits per heavy atom. The minimum absolute atomic E-state index is 0.138. The van der Waals surface area contributed by atoms with Gasteiger partial charge in [-0.25, -0.2) is 17.3 Å². The fourth-order valence-corrected chi connectivity index (χ4v) is 3.46. The summed E-state index contributed by atoms with van der Waals surface area (Å²) in [5, 5.41) is 0. The van der Waals surface area contributed by atoms with Crippen LogP contribution >= 0.6 is 0 Å². The van der Waals surface area contributed by atoms with Crippen molar-refractivity contribution in [2.75, 3.05) is 6.54 Å². The van der Waals surface area contributed by atoms with Gasteiger partial charge in [-0.05, 0) is 39.8 Å². The summed E-state index contributed by atoms with van der Waals surface area (Å²) in [5.74, 6) is 0. The lowest BCUT2D eigenvalue weighted by atomic mass is 10.1. The zero-order valence-corrected chi connectivity index (χ0v) is 14.9. The van der Waals surface area contributed by atoms with Crippen LogP contribution < -0.4 is 0 Å². The van der Waals surface area contributed by atoms with Crippen molar-refractivity contribution in [2.24, 2.45) is 0 Å². The average molecular weight is 319 g/mol. The van der Waals surface area contributed by atoms with Gasteiger partial charge >= 0.3 is 0 Å². The molecule has 0 aliphatic heterocycles. The molecule has 0 saturated heterocycles. The van der Waals surface area contributed by atoms with Crippen LogP contribution in [0.2, 0.25) is 0 Å². The van der Waals surface area contributed by atoms with E-state index in [0.29, 0.717) is 6.54 Å². The third-order valence-corrected chi connectivity index (χ3v) is 4.78. The maximum Gasteiger partial charge on any atom is 0.265 e. The van der Waals surface area contributed by atoms with Gasteiger partial charge < -0.3 is 0 Å². The SMILES string of the molecule is CC.CCN(S(=O)c1ccc(C)cc1C(F)F)C(C)(C)C. The quantitative estimate of drug-likeness (QED) is 0.756. The molecule has 0 bridgehead atoms. The summed E-state index contributed by atoms with van der Waals surface area (Å²) < 4.78 is 40.4. The largest absolute Gasteiger partial charge is 0.265 e. The van der Waals surface area contributed by atoms with Crippen LogP contribution in [0.25, 0.3) is 0 Å². The van der Waals surface area contributed by atoms with Crippen molar-refractivity contribution >= 4 is 11.0 Å². The van der Waals surface area contributed by atoms with Gasteiger partial charge in [0.1, 0.15) is 11.0 Å². The Bertz CT molecular complexity index is 470. The average Bonchev–Trinajstić information content (AvgIpc) is 2.39. The molecule has 0 aromatic heterocycles. The first-order valence-electron chi connectivity index (χ1n) is 7.26. The van der Waals surface area contributed by atoms with Crippen LogP contribution in [-0.4, -0.2) is 20.6 Å². The van der Waals surface area contributed by atoms with E-state index in [0.717, 1.165) is 5.56 Å². The summed E-state index contributed by atoms with van der Waals surface area (Å²) >= 11 is 0. The zero-order valence-electron chi connectivity index (χ0n) is 14.0. The van der Waals surface area contributed by atoms with Gasteiger partial charge in [0.05, 0.1) is 4.90 Å². The monoisotopic (exact) mass is 319 g/mol. The molecule has 0 N–H and O–H groups in total. The molecule has 0 heterocycles. The summed E-state index contributed by atoms with van der Waals surface area (Å²) in [6, 6.07) is 4.67. The Balaban J connectivity index is 0.00000191. The van der Waals surface area contributed by atoms with E-state index < -0.39 is 17.4 Å². The fourth-order valence-electron chi connectivity index (χ4n) is 1.96. The first-order valence-corrected chi connectivity index (χ1v) is 8.37. The van der Waals surface area contributed by atoms with Crippen LogP contribution in [0.1, 0.15) is 59.1 Å². The number of hydrogen-bond acceptors (Lipinski definition) is 1. The Morgan fingerprint density at radius 1 is 1.24 bits per heavy atom. The summed E-state index contributed by atoms with van der Waals surface area (Å²) in [7, 11) is -1.58. The molecular weight excluding hydrogens is 292 g/mol. The molecule has 0 saturated carbocycles. The molecule has 21 heavy (non-hydrogen) atoms. The topological polar surface area (TPSA) is 20.3 Å². The van der Waals surface area contributed by atoms with Gasteiger partial charge in [0.15, 0.2) is 0 Å². The number of benzene rings is 1. The molecule has 0 fully saturated rings. The predicted octanol–water partition coefficient (Wildman–Crippen LogP) is 5.10. The summed E-state index contributed by atoms with van der Waals surface area (Å²) in [5.41, 5.74) is 0.264. The standard InChI is InChI=1S/C14H21F2NOS.C2H6/c1-6-17(14(3,4)5)19(18)12-8-7-10(2)9-11(12)13(15)16;1-2/h7-9,13H,6H2,1-5H3;1-2H3. The number of hydrogen-bond donors (Lipinski definition) is 0. The molecular formula is C16H27F2NOS. The van der Waals surface area contributed by atoms with E-state index in [1.807, 2.05) is 41.5 Å². The van der Waals surface area contributed by atoms with Crippen molar-refractivity contribution in [1.29, 1.82) is 0 Å². The molecule has 1 aromatic rings. The molecule has 0 aliphatic carbocycles. The van der Waals surface area contributed by atoms with Gasteiger partial charge in [-0.15, -0.1) is 0 Å². The molecule has 1 unspecified atom stereocenters. The lowest BCUT2D eigenvalue weighted by Gasteiger charge is -2.33. The third kappa shape index (κ3) is 5.47. The van der Waals surface area contributed by atoms with Crippen molar-refractivity contribution in [1.82, 2.24) is 4.31 Å². The minimum atomic E-state index is -2.61. The van der Waals surface area contributed by atoms with Crippen molar-refractivity contribution in [3.63, 3.8) is 0 Å². The molecule has 0 amide bonds. The number of alkyl halides is 2. The van der Waals surface area contributed by atoms with Crippen molar-refractivity contribution in [2.45, 2.75) is 65.3 Å². The summed E-state index contributed by atoms with van der Waals surface area (Å²) in [6.45, 7) is 13.9. The second kappa shape index (κ2) is 8.59. The number of aryl methyl sites for hydroxylation is 1. The van der Waals surface area contributed by atoms with Crippen LogP contribution in [-0.2, 0) is 11.0 Å². The lowest BCUT2D eigenvalue weighted by molar-refractivity contribution is 0.147. The number of nitrogens with zero attached hydrogens (tertiary/aromatic N) is 1. The zero-order chi connectivity index (χ0) is 16.8. The number of rotatable bonds is 4. The van der Waals surface area contributed by atoms with Gasteiger partial charge in [-0.1, -0.05) is 32.4 Å². The van der Waals surface area contributed by atoms with Gasteiger partial charge in [-0.3, -0.25) is 0 Å². The van der Waals surface area contributed by atoms with Crippen LogP contribution in [0.15, 0.2) is 23.1 Å². The van der Waals surface area contributed by atoms with Crippen LogP contribution in [0.5, 0.6) is 0 Å². The smallest absolute Gasteiger partial charge is 0.237 e. The van der Waals surface area contributed by atoms with E-state index in [1.54, 1.807) is 23.4 Å². The van der Waals surface area contributed by atoms with E-state index in [9.17, 15) is 13.0 Å². The fraction of sp³-hybridized carbons (Fsp3) is 0.625. The maximum absolute atomic E-state index is 13.1. The lowest BCUT2D eigenvalue weighted by Crippen LogP contribution is -2.42. The molecule has 0 aliphatic rings. The van der Waals surface area contributed by atoms with E-state index >= 15 is 0 Å². The van der Waals surface area contributed by atoms with E-state index in [1.165, 1.54) is 6.07 Å². The normalized spacial score (nSPS) is 13.1. The first-order chi connectivity index (χ1) is 9.68. The molecule has 1 atom stereocenters. The first kappa shape index (κ1) is 20.2. The van der Waals surface area contributed by atoms with Gasteiger partial charge in [0.2, 0.25) is 0 Å². The second-order valence-corrected chi connectivity index (χ2v) is 6.84. The highest BCUT2D eigenvalue weighted by atomic mass is 32.2. The summed E-state index contributed by atoms with van der Waals surface area (Å²) in [4.78, 5) is 0.206. The second-order valence-electron chi connectivity index (χ2n) is 5.46. The third-order valence-electron chi connectivity index (χ3n) is 2.82. The van der Waals surface area contributed by atoms with Crippen LogP contribution in [0, 0.1) is 6.92 Å². The van der Waals surface area contributed by atoms with Crippen molar-refractivity contribution < 1.29 is 13.0 Å². The van der Waals surface area contributed by atoms with E-state index in [4.69, 9.17) is 0 Å². The van der Waals surface area contributed by atoms with E-state index in [-0.39, 0.29) is 16.0 Å². The van der Waals surface area contributed by atoms with Crippen molar-refractivity contribution in [3.8, 4) is 0 Å². The molecule has 1 aromatic carbocycles. The Labute approximate surface area is 130 Å². The molecule has 1 rings (SSSR count). The Morgan fingerprint density at radius 3 is 2.14 bits per heavy atom. The Hall–Kier alpha value is -0.810. The highest BCUT2D eigenvalue weighted by Crippen LogP contribution is 2.29. The van der Waals surface area contributed by atoms with Gasteiger partial charge in [-0.2, -0.15) is 0 Å². The van der Waals surface area contributed by atoms with Crippen LogP contribution in [0.3, 0.4) is 0 Å². The highest BCUT2D eigenvalue weighted by Gasteiger charge is 2.28. The molecule has 122 valence electrons. The highest BCUT2D eigenvalue weighted by molar-refractivity contribution is 7.82. The molecule has 2 nitrogen and oxygen atoms in total.